The summed E-state index contributed by atoms with van der Waals surface area (Å²) in [4.78, 5) is 46.0. The first kappa shape index (κ1) is 19.2. The van der Waals surface area contributed by atoms with Crippen LogP contribution in [0.2, 0.25) is 0 Å². The molecule has 1 fully saturated rings. The van der Waals surface area contributed by atoms with Crippen molar-refractivity contribution in [3.05, 3.63) is 33.9 Å². The highest BCUT2D eigenvalue weighted by atomic mass is 16.6. The lowest BCUT2D eigenvalue weighted by Gasteiger charge is -2.20. The number of rotatable bonds is 7. The summed E-state index contributed by atoms with van der Waals surface area (Å²) in [6, 6.07) is 2.17. The molecule has 140 valence electrons. The maximum atomic E-state index is 12.3. The summed E-state index contributed by atoms with van der Waals surface area (Å²) in [5.41, 5.74) is 0.201. The summed E-state index contributed by atoms with van der Waals surface area (Å²) >= 11 is 0. The second-order valence-electron chi connectivity index (χ2n) is 5.70. The van der Waals surface area contributed by atoms with Gasteiger partial charge in [-0.05, 0) is 12.5 Å². The maximum Gasteiger partial charge on any atom is 0.328 e. The number of methoxy groups -OCH3 is 2. The molecule has 1 heterocycles. The molecular weight excluding hydrogens is 346 g/mol. The molecule has 1 aromatic carbocycles. The van der Waals surface area contributed by atoms with Crippen LogP contribution in [-0.4, -0.2) is 49.0 Å². The molecule has 26 heavy (non-hydrogen) atoms. The maximum absolute atomic E-state index is 12.3. The van der Waals surface area contributed by atoms with E-state index in [2.05, 4.69) is 10.6 Å². The van der Waals surface area contributed by atoms with Crippen molar-refractivity contribution in [1.82, 2.24) is 10.6 Å². The van der Waals surface area contributed by atoms with E-state index in [9.17, 15) is 24.5 Å². The molecule has 0 bridgehead atoms. The monoisotopic (exact) mass is 365 g/mol. The topological polar surface area (TPSA) is 137 Å². The van der Waals surface area contributed by atoms with E-state index < -0.39 is 28.9 Å². The number of amides is 2. The van der Waals surface area contributed by atoms with E-state index in [1.54, 1.807) is 0 Å². The molecule has 10 heteroatoms. The molecular formula is C16H19N3O7. The van der Waals surface area contributed by atoms with Gasteiger partial charge in [0.1, 0.15) is 17.8 Å². The predicted octanol–water partition coefficient (Wildman–Crippen LogP) is 0.0823. The number of benzene rings is 1. The van der Waals surface area contributed by atoms with Crippen LogP contribution in [0.3, 0.4) is 0 Å². The number of nitrogens with one attached hydrogen (secondary N) is 2. The third kappa shape index (κ3) is 4.47. The van der Waals surface area contributed by atoms with Gasteiger partial charge in [-0.25, -0.2) is 4.79 Å². The van der Waals surface area contributed by atoms with Crippen LogP contribution in [0.5, 0.6) is 5.75 Å². The second kappa shape index (κ2) is 8.28. The highest BCUT2D eigenvalue weighted by Crippen LogP contribution is 2.25. The Labute approximate surface area is 149 Å². The number of ether oxygens (including phenoxy) is 2. The molecule has 2 amide bonds. The average molecular weight is 365 g/mol. The molecule has 1 saturated heterocycles. The summed E-state index contributed by atoms with van der Waals surface area (Å²) in [6.07, 6.45) is 0.502. The van der Waals surface area contributed by atoms with E-state index in [-0.39, 0.29) is 24.4 Å². The summed E-state index contributed by atoms with van der Waals surface area (Å²) < 4.78 is 9.87. The lowest BCUT2D eigenvalue weighted by Crippen LogP contribution is -2.50. The van der Waals surface area contributed by atoms with Gasteiger partial charge in [-0.1, -0.05) is 0 Å². The lowest BCUT2D eigenvalue weighted by atomic mass is 10.0. The molecule has 1 aliphatic heterocycles. The van der Waals surface area contributed by atoms with Crippen molar-refractivity contribution in [3.63, 3.8) is 0 Å². The molecule has 0 radical (unpaired) electrons. The number of carbonyl (C=O) groups is 3. The molecule has 1 aliphatic rings. The zero-order chi connectivity index (χ0) is 19.3. The van der Waals surface area contributed by atoms with Gasteiger partial charge in [0.2, 0.25) is 11.8 Å². The molecule has 2 atom stereocenters. The predicted molar refractivity (Wildman–Crippen MR) is 88.5 cm³/mol. The minimum atomic E-state index is -1.08. The highest BCUT2D eigenvalue weighted by molar-refractivity contribution is 5.93. The fraction of sp³-hybridized carbons (Fsp3) is 0.438. The van der Waals surface area contributed by atoms with Gasteiger partial charge in [-0.15, -0.1) is 0 Å². The van der Waals surface area contributed by atoms with Crippen LogP contribution < -0.4 is 15.4 Å². The number of nitrogens with zero attached hydrogens (tertiary/aromatic N) is 1. The number of esters is 1. The van der Waals surface area contributed by atoms with Crippen LogP contribution in [0, 0.1) is 10.1 Å². The largest absolute Gasteiger partial charge is 0.496 e. The molecule has 0 aliphatic carbocycles. The van der Waals surface area contributed by atoms with Crippen LogP contribution in [0.4, 0.5) is 5.69 Å². The second-order valence-corrected chi connectivity index (χ2v) is 5.70. The van der Waals surface area contributed by atoms with Crippen LogP contribution in [0.1, 0.15) is 18.4 Å². The van der Waals surface area contributed by atoms with Gasteiger partial charge in [0.05, 0.1) is 19.1 Å². The Morgan fingerprint density at radius 2 is 2.15 bits per heavy atom. The molecule has 1 aromatic rings. The molecule has 2 rings (SSSR count). The normalized spacial score (nSPS) is 17.2. The molecule has 0 saturated carbocycles. The Morgan fingerprint density at radius 3 is 2.69 bits per heavy atom. The molecule has 10 nitrogen and oxygen atoms in total. The van der Waals surface area contributed by atoms with Gasteiger partial charge < -0.3 is 20.1 Å². The van der Waals surface area contributed by atoms with Crippen molar-refractivity contribution >= 4 is 23.5 Å². The average Bonchev–Trinajstić information content (AvgIpc) is 3.06. The van der Waals surface area contributed by atoms with Crippen LogP contribution in [-0.2, 0) is 25.5 Å². The number of nitro benzene ring substituents is 1. The summed E-state index contributed by atoms with van der Waals surface area (Å²) in [5.74, 6) is -1.13. The van der Waals surface area contributed by atoms with Crippen LogP contribution >= 0.6 is 0 Å². The summed E-state index contributed by atoms with van der Waals surface area (Å²) in [7, 11) is 2.56. The number of carbonyl (C=O) groups excluding carboxylic acids is 3. The van der Waals surface area contributed by atoms with Crippen LogP contribution in [0.25, 0.3) is 0 Å². The first-order valence-electron chi connectivity index (χ1n) is 7.84. The van der Waals surface area contributed by atoms with Gasteiger partial charge in [0.25, 0.3) is 5.69 Å². The first-order valence-corrected chi connectivity index (χ1v) is 7.84. The Hall–Kier alpha value is -3.17. The van der Waals surface area contributed by atoms with Gasteiger partial charge >= 0.3 is 5.97 Å². The molecule has 2 N–H and O–H groups in total. The van der Waals surface area contributed by atoms with E-state index >= 15 is 0 Å². The van der Waals surface area contributed by atoms with E-state index in [0.717, 1.165) is 0 Å². The number of non-ortho nitro benzene ring substituents is 1. The Bertz CT molecular complexity index is 735. The summed E-state index contributed by atoms with van der Waals surface area (Å²) in [5, 5.41) is 16.0. The zero-order valence-corrected chi connectivity index (χ0v) is 14.3. The number of hydrogen-bond acceptors (Lipinski definition) is 7. The van der Waals surface area contributed by atoms with Gasteiger partial charge in [-0.2, -0.15) is 0 Å². The van der Waals surface area contributed by atoms with E-state index in [1.807, 2.05) is 0 Å². The number of hydrogen-bond donors (Lipinski definition) is 2. The molecule has 0 spiro atoms. The third-order valence-electron chi connectivity index (χ3n) is 4.01. The quantitative estimate of drug-likeness (QED) is 0.397. The standard InChI is InChI=1S/C16H19N3O7/c1-25-13-5-3-10(19(23)24)7-9(13)8-12(16(22)26-2)18-15(21)11-4-6-14(20)17-11/h3,5,7,11-12H,4,6,8H2,1-2H3,(H,17,20)(H,18,21)/t11-,12+/m0/s1. The van der Waals surface area contributed by atoms with Crippen molar-refractivity contribution in [2.24, 2.45) is 0 Å². The molecule has 0 unspecified atom stereocenters. The minimum Gasteiger partial charge on any atom is -0.496 e. The van der Waals surface area contributed by atoms with Crippen molar-refractivity contribution < 1.29 is 28.8 Å². The zero-order valence-electron chi connectivity index (χ0n) is 14.3. The lowest BCUT2D eigenvalue weighted by molar-refractivity contribution is -0.384. The highest BCUT2D eigenvalue weighted by Gasteiger charge is 2.31. The minimum absolute atomic E-state index is 0.0655. The first-order chi connectivity index (χ1) is 12.3. The van der Waals surface area contributed by atoms with E-state index in [0.29, 0.717) is 17.7 Å². The fourth-order valence-corrected chi connectivity index (χ4v) is 2.68. The Kier molecular flexibility index (Phi) is 6.10. The van der Waals surface area contributed by atoms with Crippen molar-refractivity contribution in [2.75, 3.05) is 14.2 Å². The van der Waals surface area contributed by atoms with Crippen molar-refractivity contribution in [1.29, 1.82) is 0 Å². The van der Waals surface area contributed by atoms with Gasteiger partial charge in [0.15, 0.2) is 0 Å². The summed E-state index contributed by atoms with van der Waals surface area (Å²) in [6.45, 7) is 0. The Balaban J connectivity index is 2.21. The van der Waals surface area contributed by atoms with Crippen molar-refractivity contribution in [2.45, 2.75) is 31.3 Å². The number of nitro groups is 1. The van der Waals surface area contributed by atoms with E-state index in [4.69, 9.17) is 9.47 Å². The molecule has 0 aromatic heterocycles. The van der Waals surface area contributed by atoms with Crippen LogP contribution in [0.15, 0.2) is 18.2 Å². The third-order valence-corrected chi connectivity index (χ3v) is 4.01. The fourth-order valence-electron chi connectivity index (χ4n) is 2.68. The SMILES string of the molecule is COC(=O)[C@@H](Cc1cc([N+](=O)[O-])ccc1OC)NC(=O)[C@@H]1CCC(=O)N1. The Morgan fingerprint density at radius 1 is 1.42 bits per heavy atom. The smallest absolute Gasteiger partial charge is 0.328 e. The van der Waals surface area contributed by atoms with Crippen molar-refractivity contribution in [3.8, 4) is 5.75 Å². The van der Waals surface area contributed by atoms with E-state index in [1.165, 1.54) is 32.4 Å². The van der Waals surface area contributed by atoms with Gasteiger partial charge in [0, 0.05) is 30.5 Å². The van der Waals surface area contributed by atoms with Gasteiger partial charge in [-0.3, -0.25) is 19.7 Å².